The summed E-state index contributed by atoms with van der Waals surface area (Å²) in [7, 11) is 0. The number of carbonyl (C=O) groups excluding carboxylic acids is 1. The van der Waals surface area contributed by atoms with E-state index in [1.807, 2.05) is 23.1 Å². The van der Waals surface area contributed by atoms with Gasteiger partial charge in [0.2, 0.25) is 5.91 Å². The van der Waals surface area contributed by atoms with Crippen molar-refractivity contribution in [3.8, 4) is 0 Å². The maximum absolute atomic E-state index is 12.7. The van der Waals surface area contributed by atoms with Crippen LogP contribution in [0.15, 0.2) is 30.3 Å². The van der Waals surface area contributed by atoms with Crippen LogP contribution in [0.5, 0.6) is 0 Å². The molecule has 0 heterocycles. The molecule has 0 bridgehead atoms. The first-order valence-corrected chi connectivity index (χ1v) is 7.58. The van der Waals surface area contributed by atoms with E-state index in [1.54, 1.807) is 0 Å². The molecular weight excluding hydrogens is 258 g/mol. The van der Waals surface area contributed by atoms with Gasteiger partial charge in [-0.25, -0.2) is 0 Å². The molecule has 0 unspecified atom stereocenters. The molecule has 19 heavy (non-hydrogen) atoms. The van der Waals surface area contributed by atoms with Crippen LogP contribution in [-0.4, -0.2) is 23.2 Å². The van der Waals surface area contributed by atoms with E-state index in [-0.39, 0.29) is 11.3 Å². The number of amides is 1. The van der Waals surface area contributed by atoms with Crippen molar-refractivity contribution in [2.45, 2.75) is 39.2 Å². The topological polar surface area (TPSA) is 20.3 Å². The number of hydrogen-bond acceptors (Lipinski definition) is 1. The zero-order chi connectivity index (χ0) is 13.7. The molecule has 0 aromatic heterocycles. The Hall–Kier alpha value is -1.02. The van der Waals surface area contributed by atoms with Crippen molar-refractivity contribution < 1.29 is 4.79 Å². The molecule has 1 fully saturated rings. The summed E-state index contributed by atoms with van der Waals surface area (Å²) in [4.78, 5) is 14.7. The standard InChI is InChI=1S/C16H22ClNO/c1-16(9-5-6-10-16)15(19)18(12-11-17)13-14-7-3-2-4-8-14/h2-4,7-8H,5-6,9-13H2,1H3. The van der Waals surface area contributed by atoms with Crippen LogP contribution in [0.3, 0.4) is 0 Å². The number of alkyl halides is 1. The van der Waals surface area contributed by atoms with E-state index in [4.69, 9.17) is 11.6 Å². The Labute approximate surface area is 120 Å². The lowest BCUT2D eigenvalue weighted by atomic mass is 9.87. The predicted molar refractivity (Wildman–Crippen MR) is 79.2 cm³/mol. The zero-order valence-corrected chi connectivity index (χ0v) is 12.3. The first-order chi connectivity index (χ1) is 9.15. The number of halogens is 1. The van der Waals surface area contributed by atoms with Crippen LogP contribution in [0, 0.1) is 5.41 Å². The maximum Gasteiger partial charge on any atom is 0.228 e. The molecule has 1 aliphatic carbocycles. The van der Waals surface area contributed by atoms with Gasteiger partial charge in [0.05, 0.1) is 0 Å². The molecule has 1 amide bonds. The van der Waals surface area contributed by atoms with Crippen molar-refractivity contribution in [3.63, 3.8) is 0 Å². The van der Waals surface area contributed by atoms with Crippen LogP contribution in [0.4, 0.5) is 0 Å². The molecule has 3 heteroatoms. The van der Waals surface area contributed by atoms with Gasteiger partial charge in [-0.1, -0.05) is 50.1 Å². The van der Waals surface area contributed by atoms with E-state index < -0.39 is 0 Å². The Balaban J connectivity index is 2.09. The number of nitrogens with zero attached hydrogens (tertiary/aromatic N) is 1. The second-order valence-electron chi connectivity index (χ2n) is 5.67. The Morgan fingerprint density at radius 1 is 1.26 bits per heavy atom. The quantitative estimate of drug-likeness (QED) is 0.750. The zero-order valence-electron chi connectivity index (χ0n) is 11.6. The van der Waals surface area contributed by atoms with Crippen LogP contribution in [-0.2, 0) is 11.3 Å². The van der Waals surface area contributed by atoms with Crippen LogP contribution >= 0.6 is 11.6 Å². The van der Waals surface area contributed by atoms with E-state index in [9.17, 15) is 4.79 Å². The molecule has 1 aliphatic rings. The van der Waals surface area contributed by atoms with E-state index in [0.717, 1.165) is 12.8 Å². The maximum atomic E-state index is 12.7. The highest BCUT2D eigenvalue weighted by atomic mass is 35.5. The molecule has 2 nitrogen and oxygen atoms in total. The minimum absolute atomic E-state index is 0.166. The van der Waals surface area contributed by atoms with Gasteiger partial charge in [0.25, 0.3) is 0 Å². The Kier molecular flexibility index (Phi) is 4.87. The molecule has 2 rings (SSSR count). The molecular formula is C16H22ClNO. The molecule has 0 atom stereocenters. The molecule has 0 saturated heterocycles. The number of hydrogen-bond donors (Lipinski definition) is 0. The van der Waals surface area contributed by atoms with Crippen molar-refractivity contribution in [1.29, 1.82) is 0 Å². The summed E-state index contributed by atoms with van der Waals surface area (Å²) in [6.07, 6.45) is 4.36. The van der Waals surface area contributed by atoms with Gasteiger partial charge >= 0.3 is 0 Å². The fourth-order valence-corrected chi connectivity index (χ4v) is 3.11. The number of carbonyl (C=O) groups is 1. The van der Waals surface area contributed by atoms with Gasteiger partial charge in [0.15, 0.2) is 0 Å². The molecule has 104 valence electrons. The van der Waals surface area contributed by atoms with E-state index in [0.29, 0.717) is 19.0 Å². The highest BCUT2D eigenvalue weighted by Gasteiger charge is 2.38. The highest BCUT2D eigenvalue weighted by molar-refractivity contribution is 6.18. The van der Waals surface area contributed by atoms with Gasteiger partial charge in [-0.05, 0) is 18.4 Å². The minimum Gasteiger partial charge on any atom is -0.337 e. The molecule has 1 aromatic carbocycles. The monoisotopic (exact) mass is 279 g/mol. The highest BCUT2D eigenvalue weighted by Crippen LogP contribution is 2.39. The normalized spacial score (nSPS) is 17.4. The molecule has 1 aromatic rings. The minimum atomic E-state index is -0.166. The fourth-order valence-electron chi connectivity index (χ4n) is 2.91. The smallest absolute Gasteiger partial charge is 0.228 e. The Morgan fingerprint density at radius 3 is 2.47 bits per heavy atom. The Bertz CT molecular complexity index is 412. The second kappa shape index (κ2) is 6.42. The summed E-state index contributed by atoms with van der Waals surface area (Å²) in [5.41, 5.74) is 1.00. The summed E-state index contributed by atoms with van der Waals surface area (Å²) in [5.74, 6) is 0.767. The van der Waals surface area contributed by atoms with Crippen molar-refractivity contribution in [1.82, 2.24) is 4.90 Å². The Morgan fingerprint density at radius 2 is 1.89 bits per heavy atom. The van der Waals surface area contributed by atoms with Crippen molar-refractivity contribution in [2.24, 2.45) is 5.41 Å². The SMILES string of the molecule is CC1(C(=O)N(CCCl)Cc2ccccc2)CCCC1. The summed E-state index contributed by atoms with van der Waals surface area (Å²) >= 11 is 5.86. The van der Waals surface area contributed by atoms with Crippen molar-refractivity contribution in [3.05, 3.63) is 35.9 Å². The largest absolute Gasteiger partial charge is 0.337 e. The second-order valence-corrected chi connectivity index (χ2v) is 6.05. The van der Waals surface area contributed by atoms with Gasteiger partial charge in [-0.3, -0.25) is 4.79 Å². The molecule has 1 saturated carbocycles. The average molecular weight is 280 g/mol. The third kappa shape index (κ3) is 3.50. The third-order valence-corrected chi connectivity index (χ3v) is 4.25. The van der Waals surface area contributed by atoms with Crippen LogP contribution < -0.4 is 0 Å². The van der Waals surface area contributed by atoms with Crippen LogP contribution in [0.25, 0.3) is 0 Å². The van der Waals surface area contributed by atoms with Gasteiger partial charge in [-0.2, -0.15) is 0 Å². The molecule has 0 aliphatic heterocycles. The van der Waals surface area contributed by atoms with E-state index >= 15 is 0 Å². The predicted octanol–water partition coefficient (Wildman–Crippen LogP) is 3.83. The number of benzene rings is 1. The fraction of sp³-hybridized carbons (Fsp3) is 0.562. The van der Waals surface area contributed by atoms with Gasteiger partial charge in [-0.15, -0.1) is 11.6 Å². The first-order valence-electron chi connectivity index (χ1n) is 7.05. The lowest BCUT2D eigenvalue weighted by molar-refractivity contribution is -0.141. The summed E-state index contributed by atoms with van der Waals surface area (Å²) in [6, 6.07) is 10.1. The molecule has 0 spiro atoms. The van der Waals surface area contributed by atoms with Gasteiger partial charge in [0, 0.05) is 24.4 Å². The average Bonchev–Trinajstić information content (AvgIpc) is 2.87. The third-order valence-electron chi connectivity index (χ3n) is 4.08. The summed E-state index contributed by atoms with van der Waals surface area (Å²) in [5, 5.41) is 0. The molecule has 0 N–H and O–H groups in total. The van der Waals surface area contributed by atoms with Crippen molar-refractivity contribution in [2.75, 3.05) is 12.4 Å². The van der Waals surface area contributed by atoms with Crippen molar-refractivity contribution >= 4 is 17.5 Å². The van der Waals surface area contributed by atoms with Gasteiger partial charge < -0.3 is 4.90 Å². The van der Waals surface area contributed by atoms with E-state index in [2.05, 4.69) is 19.1 Å². The van der Waals surface area contributed by atoms with Gasteiger partial charge in [0.1, 0.15) is 0 Å². The van der Waals surface area contributed by atoms with E-state index in [1.165, 1.54) is 18.4 Å². The lowest BCUT2D eigenvalue weighted by Crippen LogP contribution is -2.41. The lowest BCUT2D eigenvalue weighted by Gasteiger charge is -2.31. The summed E-state index contributed by atoms with van der Waals surface area (Å²) in [6.45, 7) is 3.40. The molecule has 0 radical (unpaired) electrons. The summed E-state index contributed by atoms with van der Waals surface area (Å²) < 4.78 is 0. The van der Waals surface area contributed by atoms with Crippen LogP contribution in [0.1, 0.15) is 38.2 Å². The van der Waals surface area contributed by atoms with Crippen LogP contribution in [0.2, 0.25) is 0 Å². The number of rotatable bonds is 5. The first kappa shape index (κ1) is 14.4.